The fourth-order valence-corrected chi connectivity index (χ4v) is 3.44. The highest BCUT2D eigenvalue weighted by Gasteiger charge is 2.36. The standard InChI is InChI=1S/C22H21NO7/c1-27-21(25)15-4-2-14(3-5-15)13-30-22(26)16-10-20(24)23(12-16)17-6-7-18-19(11-17)29-9-8-28-18/h2-7,11,16H,8-10,12-13H2,1H3. The number of anilines is 1. The first-order valence-electron chi connectivity index (χ1n) is 9.59. The Labute approximate surface area is 173 Å². The first-order chi connectivity index (χ1) is 14.5. The summed E-state index contributed by atoms with van der Waals surface area (Å²) in [6.45, 7) is 1.27. The van der Waals surface area contributed by atoms with Crippen LogP contribution in [0.1, 0.15) is 22.3 Å². The molecule has 156 valence electrons. The number of amides is 1. The molecule has 1 amide bonds. The second-order valence-corrected chi connectivity index (χ2v) is 7.03. The van der Waals surface area contributed by atoms with Gasteiger partial charge in [-0.3, -0.25) is 9.59 Å². The van der Waals surface area contributed by atoms with Crippen LogP contribution < -0.4 is 14.4 Å². The minimum Gasteiger partial charge on any atom is -0.486 e. The van der Waals surface area contributed by atoms with E-state index in [1.54, 1.807) is 47.4 Å². The zero-order chi connectivity index (χ0) is 21.1. The predicted molar refractivity (Wildman–Crippen MR) is 105 cm³/mol. The van der Waals surface area contributed by atoms with Crippen molar-refractivity contribution >= 4 is 23.5 Å². The smallest absolute Gasteiger partial charge is 0.337 e. The highest BCUT2D eigenvalue weighted by atomic mass is 16.6. The predicted octanol–water partition coefficient (Wildman–Crippen LogP) is 2.34. The first-order valence-corrected chi connectivity index (χ1v) is 9.59. The number of rotatable bonds is 5. The molecule has 0 aliphatic carbocycles. The molecule has 0 radical (unpaired) electrons. The summed E-state index contributed by atoms with van der Waals surface area (Å²) in [7, 11) is 1.31. The monoisotopic (exact) mass is 411 g/mol. The third-order valence-corrected chi connectivity index (χ3v) is 5.05. The van der Waals surface area contributed by atoms with Gasteiger partial charge in [0.25, 0.3) is 0 Å². The number of hydrogen-bond acceptors (Lipinski definition) is 7. The molecule has 2 aliphatic heterocycles. The first kappa shape index (κ1) is 19.8. The summed E-state index contributed by atoms with van der Waals surface area (Å²) in [5.74, 6) is -0.308. The number of benzene rings is 2. The van der Waals surface area contributed by atoms with Gasteiger partial charge in [0.1, 0.15) is 19.8 Å². The van der Waals surface area contributed by atoms with E-state index in [4.69, 9.17) is 14.2 Å². The molecular formula is C22H21NO7. The van der Waals surface area contributed by atoms with Gasteiger partial charge >= 0.3 is 11.9 Å². The van der Waals surface area contributed by atoms with Crippen LogP contribution in [0, 0.1) is 5.92 Å². The SMILES string of the molecule is COC(=O)c1ccc(COC(=O)C2CC(=O)N(c3ccc4c(c3)OCCO4)C2)cc1. The highest BCUT2D eigenvalue weighted by molar-refractivity contribution is 5.99. The Morgan fingerprint density at radius 3 is 2.53 bits per heavy atom. The summed E-state index contributed by atoms with van der Waals surface area (Å²) in [5, 5.41) is 0. The maximum atomic E-state index is 12.5. The molecule has 1 saturated heterocycles. The number of methoxy groups -OCH3 is 1. The van der Waals surface area contributed by atoms with Gasteiger partial charge in [0.05, 0.1) is 18.6 Å². The van der Waals surface area contributed by atoms with E-state index in [-0.39, 0.29) is 25.5 Å². The van der Waals surface area contributed by atoms with E-state index < -0.39 is 17.9 Å². The number of ether oxygens (including phenoxy) is 4. The van der Waals surface area contributed by atoms with E-state index in [9.17, 15) is 14.4 Å². The molecule has 1 fully saturated rings. The summed E-state index contributed by atoms with van der Waals surface area (Å²) in [6, 6.07) is 11.9. The van der Waals surface area contributed by atoms with Crippen LogP contribution in [-0.2, 0) is 25.7 Å². The Hall–Kier alpha value is -3.55. The summed E-state index contributed by atoms with van der Waals surface area (Å²) in [4.78, 5) is 38.0. The van der Waals surface area contributed by atoms with Crippen molar-refractivity contribution in [3.05, 3.63) is 53.6 Å². The lowest BCUT2D eigenvalue weighted by Gasteiger charge is -2.22. The van der Waals surface area contributed by atoms with Gasteiger partial charge in [-0.2, -0.15) is 0 Å². The van der Waals surface area contributed by atoms with Crippen molar-refractivity contribution in [2.24, 2.45) is 5.92 Å². The van der Waals surface area contributed by atoms with E-state index in [0.717, 1.165) is 5.56 Å². The number of carbonyl (C=O) groups excluding carboxylic acids is 3. The van der Waals surface area contributed by atoms with Crippen LogP contribution in [0.4, 0.5) is 5.69 Å². The normalized spacial score (nSPS) is 17.6. The highest BCUT2D eigenvalue weighted by Crippen LogP contribution is 2.36. The second kappa shape index (κ2) is 8.44. The van der Waals surface area contributed by atoms with Crippen molar-refractivity contribution in [2.75, 3.05) is 31.8 Å². The van der Waals surface area contributed by atoms with E-state index in [1.807, 2.05) is 0 Å². The minimum atomic E-state index is -0.542. The number of nitrogens with zero attached hydrogens (tertiary/aromatic N) is 1. The lowest BCUT2D eigenvalue weighted by molar-refractivity contribution is -0.149. The van der Waals surface area contributed by atoms with Crippen LogP contribution in [0.15, 0.2) is 42.5 Å². The lowest BCUT2D eigenvalue weighted by Crippen LogP contribution is -2.26. The van der Waals surface area contributed by atoms with Crippen molar-refractivity contribution in [3.63, 3.8) is 0 Å². The van der Waals surface area contributed by atoms with Gasteiger partial charge in [-0.1, -0.05) is 12.1 Å². The number of carbonyl (C=O) groups is 3. The molecule has 2 heterocycles. The van der Waals surface area contributed by atoms with Gasteiger partial charge in [0.15, 0.2) is 11.5 Å². The van der Waals surface area contributed by atoms with Crippen molar-refractivity contribution in [1.29, 1.82) is 0 Å². The van der Waals surface area contributed by atoms with E-state index >= 15 is 0 Å². The molecular weight excluding hydrogens is 390 g/mol. The molecule has 0 bridgehead atoms. The molecule has 8 heteroatoms. The average Bonchev–Trinajstić information content (AvgIpc) is 3.18. The molecule has 2 aliphatic rings. The fourth-order valence-electron chi connectivity index (χ4n) is 3.44. The lowest BCUT2D eigenvalue weighted by atomic mass is 10.1. The molecule has 0 saturated carbocycles. The van der Waals surface area contributed by atoms with E-state index in [1.165, 1.54) is 7.11 Å². The number of fused-ring (bicyclic) bond motifs is 1. The van der Waals surface area contributed by atoms with Gasteiger partial charge in [0, 0.05) is 24.7 Å². The van der Waals surface area contributed by atoms with Gasteiger partial charge < -0.3 is 23.8 Å². The summed E-state index contributed by atoms with van der Waals surface area (Å²) >= 11 is 0. The van der Waals surface area contributed by atoms with Crippen molar-refractivity contribution in [1.82, 2.24) is 0 Å². The van der Waals surface area contributed by atoms with Gasteiger partial charge in [0.2, 0.25) is 5.91 Å². The molecule has 0 aromatic heterocycles. The number of hydrogen-bond donors (Lipinski definition) is 0. The maximum Gasteiger partial charge on any atom is 0.337 e. The molecule has 1 atom stereocenters. The largest absolute Gasteiger partial charge is 0.486 e. The Kier molecular flexibility index (Phi) is 5.56. The van der Waals surface area contributed by atoms with Gasteiger partial charge in [-0.05, 0) is 29.8 Å². The zero-order valence-electron chi connectivity index (χ0n) is 16.5. The Morgan fingerprint density at radius 1 is 1.07 bits per heavy atom. The molecule has 4 rings (SSSR count). The molecule has 2 aromatic carbocycles. The van der Waals surface area contributed by atoms with Gasteiger partial charge in [-0.15, -0.1) is 0 Å². The quantitative estimate of drug-likeness (QED) is 0.698. The van der Waals surface area contributed by atoms with Crippen LogP contribution in [0.3, 0.4) is 0 Å². The Morgan fingerprint density at radius 2 is 1.80 bits per heavy atom. The molecule has 30 heavy (non-hydrogen) atoms. The third-order valence-electron chi connectivity index (χ3n) is 5.05. The number of esters is 2. The topological polar surface area (TPSA) is 91.4 Å². The zero-order valence-corrected chi connectivity index (χ0v) is 16.5. The second-order valence-electron chi connectivity index (χ2n) is 7.03. The summed E-state index contributed by atoms with van der Waals surface area (Å²) in [5.41, 5.74) is 1.83. The Bertz CT molecular complexity index is 970. The average molecular weight is 411 g/mol. The molecule has 2 aromatic rings. The molecule has 1 unspecified atom stereocenters. The third kappa shape index (κ3) is 4.07. The summed E-state index contributed by atoms with van der Waals surface area (Å²) in [6.07, 6.45) is 0.0918. The van der Waals surface area contributed by atoms with Crippen molar-refractivity contribution in [2.45, 2.75) is 13.0 Å². The molecule has 0 spiro atoms. The van der Waals surface area contributed by atoms with Crippen LogP contribution in [0.25, 0.3) is 0 Å². The minimum absolute atomic E-state index is 0.0645. The summed E-state index contributed by atoms with van der Waals surface area (Å²) < 4.78 is 21.1. The van der Waals surface area contributed by atoms with Crippen molar-refractivity contribution < 1.29 is 33.3 Å². The van der Waals surface area contributed by atoms with Crippen LogP contribution >= 0.6 is 0 Å². The van der Waals surface area contributed by atoms with Gasteiger partial charge in [-0.25, -0.2) is 4.79 Å². The van der Waals surface area contributed by atoms with Crippen LogP contribution in [0.2, 0.25) is 0 Å². The molecule has 0 N–H and O–H groups in total. The Balaban J connectivity index is 1.35. The van der Waals surface area contributed by atoms with E-state index in [0.29, 0.717) is 36.0 Å². The van der Waals surface area contributed by atoms with Crippen molar-refractivity contribution in [3.8, 4) is 11.5 Å². The van der Waals surface area contributed by atoms with Crippen LogP contribution in [0.5, 0.6) is 11.5 Å². The fraction of sp³-hybridized carbons (Fsp3) is 0.318. The maximum absolute atomic E-state index is 12.5. The molecule has 8 nitrogen and oxygen atoms in total. The van der Waals surface area contributed by atoms with Crippen LogP contribution in [-0.4, -0.2) is 44.7 Å². The van der Waals surface area contributed by atoms with E-state index in [2.05, 4.69) is 4.74 Å².